The summed E-state index contributed by atoms with van der Waals surface area (Å²) >= 11 is 0. The van der Waals surface area contributed by atoms with Crippen LogP contribution in [0.3, 0.4) is 0 Å². The van der Waals surface area contributed by atoms with Crippen molar-refractivity contribution in [2.45, 2.75) is 18.8 Å². The van der Waals surface area contributed by atoms with Crippen molar-refractivity contribution in [1.82, 2.24) is 0 Å². The molecular weight excluding hydrogens is 248 g/mol. The van der Waals surface area contributed by atoms with Crippen molar-refractivity contribution >= 4 is 16.3 Å². The fourth-order valence-corrected chi connectivity index (χ4v) is 3.51. The summed E-state index contributed by atoms with van der Waals surface area (Å²) in [5.74, 6) is 1.64. The quantitative estimate of drug-likeness (QED) is 0.762. The van der Waals surface area contributed by atoms with Crippen LogP contribution in [-0.4, -0.2) is 12.1 Å². The fraction of sp³-hybridized carbons (Fsp3) is 0.222. The van der Waals surface area contributed by atoms with Gasteiger partial charge >= 0.3 is 0 Å². The van der Waals surface area contributed by atoms with Gasteiger partial charge in [-0.15, -0.1) is 6.58 Å². The summed E-state index contributed by atoms with van der Waals surface area (Å²) in [5, 5.41) is 2.75. The summed E-state index contributed by atoms with van der Waals surface area (Å²) in [7, 11) is 0. The van der Waals surface area contributed by atoms with Crippen molar-refractivity contribution in [3.05, 3.63) is 65.9 Å². The van der Waals surface area contributed by atoms with Crippen molar-refractivity contribution in [2.24, 2.45) is 0 Å². The van der Waals surface area contributed by atoms with Crippen LogP contribution in [0.25, 0.3) is 16.3 Å². The number of hydrogen-bond acceptors (Lipinski definition) is 1. The van der Waals surface area contributed by atoms with Crippen molar-refractivity contribution in [1.29, 1.82) is 0 Å². The predicted octanol–water partition coefficient (Wildman–Crippen LogP) is 3.82. The molecule has 1 atom stereocenters. The van der Waals surface area contributed by atoms with Crippen LogP contribution in [-0.2, 0) is 4.74 Å². The molecule has 1 fully saturated rings. The second-order valence-corrected chi connectivity index (χ2v) is 5.28. The maximum atomic E-state index is 5.94. The Balaban J connectivity index is 0.00000121. The zero-order valence-electron chi connectivity index (χ0n) is 11.4. The van der Waals surface area contributed by atoms with Crippen LogP contribution in [0.15, 0.2) is 54.8 Å². The summed E-state index contributed by atoms with van der Waals surface area (Å²) in [6.45, 7) is 4.74. The maximum Gasteiger partial charge on any atom is 0.108 e. The van der Waals surface area contributed by atoms with Gasteiger partial charge in [-0.25, -0.2) is 0 Å². The van der Waals surface area contributed by atoms with E-state index in [1.54, 1.807) is 0 Å². The Morgan fingerprint density at radius 2 is 2.00 bits per heavy atom. The molecule has 0 saturated carbocycles. The Bertz CT molecular complexity index is 707. The van der Waals surface area contributed by atoms with Crippen LogP contribution in [0.5, 0.6) is 0 Å². The molecule has 0 aromatic heterocycles. The molecule has 2 aromatic carbocycles. The lowest BCUT2D eigenvalue weighted by Crippen LogP contribution is -2.07. The molecule has 2 nitrogen and oxygen atoms in total. The first kappa shape index (κ1) is 12.9. The first-order valence-electron chi connectivity index (χ1n) is 6.89. The second kappa shape index (κ2) is 4.80. The van der Waals surface area contributed by atoms with Crippen molar-refractivity contribution in [2.75, 3.05) is 6.61 Å². The summed E-state index contributed by atoms with van der Waals surface area (Å²) in [5.41, 5.74) is 4.11. The van der Waals surface area contributed by atoms with Gasteiger partial charge in [-0.05, 0) is 34.7 Å². The van der Waals surface area contributed by atoms with Crippen molar-refractivity contribution in [3.8, 4) is 0 Å². The molecule has 2 N–H and O–H groups in total. The predicted molar refractivity (Wildman–Crippen MR) is 82.6 cm³/mol. The number of allylic oxidation sites excluding steroid dienone is 3. The van der Waals surface area contributed by atoms with E-state index >= 15 is 0 Å². The lowest BCUT2D eigenvalue weighted by molar-refractivity contribution is 0.263. The highest BCUT2D eigenvalue weighted by Gasteiger charge is 2.33. The third-order valence-electron chi connectivity index (χ3n) is 4.26. The van der Waals surface area contributed by atoms with Crippen molar-refractivity contribution < 1.29 is 10.2 Å². The summed E-state index contributed by atoms with van der Waals surface area (Å²) in [6.07, 6.45) is 3.97. The van der Waals surface area contributed by atoms with Gasteiger partial charge in [0.2, 0.25) is 0 Å². The molecule has 4 rings (SSSR count). The van der Waals surface area contributed by atoms with E-state index in [9.17, 15) is 0 Å². The SMILES string of the molecule is C=CCC1=C2OCCC2c2cccc3cccc1c23.O. The Kier molecular flexibility index (Phi) is 3.11. The van der Waals surface area contributed by atoms with Crippen LogP contribution in [0.4, 0.5) is 0 Å². The standard InChI is InChI=1S/C18H16O.H2O/c1-2-5-15-13-8-3-6-12-7-4-9-14(17(12)13)16-10-11-19-18(15)16;/h2-4,6-9,16H,1,5,10-11H2;1H2. The first-order valence-corrected chi connectivity index (χ1v) is 6.89. The van der Waals surface area contributed by atoms with Gasteiger partial charge in [0.05, 0.1) is 6.61 Å². The topological polar surface area (TPSA) is 40.7 Å². The molecular formula is C18H18O2. The van der Waals surface area contributed by atoms with E-state index in [1.807, 2.05) is 6.08 Å². The zero-order valence-corrected chi connectivity index (χ0v) is 11.4. The number of ether oxygens (including phenoxy) is 1. The molecule has 0 spiro atoms. The van der Waals surface area contributed by atoms with Gasteiger partial charge in [-0.1, -0.05) is 42.5 Å². The van der Waals surface area contributed by atoms with Crippen LogP contribution < -0.4 is 0 Å². The molecule has 102 valence electrons. The van der Waals surface area contributed by atoms with E-state index < -0.39 is 0 Å². The van der Waals surface area contributed by atoms with E-state index in [0.29, 0.717) is 5.92 Å². The highest BCUT2D eigenvalue weighted by Crippen LogP contribution is 2.48. The van der Waals surface area contributed by atoms with Gasteiger partial charge in [-0.2, -0.15) is 0 Å². The lowest BCUT2D eigenvalue weighted by atomic mass is 9.79. The van der Waals surface area contributed by atoms with Gasteiger partial charge in [0.1, 0.15) is 5.76 Å². The minimum absolute atomic E-state index is 0. The molecule has 2 aromatic rings. The van der Waals surface area contributed by atoms with E-state index in [2.05, 4.69) is 43.0 Å². The molecule has 1 heterocycles. The highest BCUT2D eigenvalue weighted by molar-refractivity contribution is 5.99. The summed E-state index contributed by atoms with van der Waals surface area (Å²) in [4.78, 5) is 0. The maximum absolute atomic E-state index is 5.94. The average Bonchev–Trinajstić information content (AvgIpc) is 2.93. The molecule has 20 heavy (non-hydrogen) atoms. The van der Waals surface area contributed by atoms with Crippen molar-refractivity contribution in [3.63, 3.8) is 0 Å². The van der Waals surface area contributed by atoms with Gasteiger partial charge in [0.25, 0.3) is 0 Å². The van der Waals surface area contributed by atoms with Gasteiger partial charge < -0.3 is 10.2 Å². The largest absolute Gasteiger partial charge is 0.497 e. The number of benzene rings is 2. The molecule has 0 amide bonds. The molecule has 2 aliphatic rings. The molecule has 0 bridgehead atoms. The van der Waals surface area contributed by atoms with Gasteiger partial charge in [0, 0.05) is 11.5 Å². The molecule has 0 radical (unpaired) electrons. The summed E-state index contributed by atoms with van der Waals surface area (Å²) in [6, 6.07) is 13.2. The lowest BCUT2D eigenvalue weighted by Gasteiger charge is -2.25. The Morgan fingerprint density at radius 1 is 1.20 bits per heavy atom. The molecule has 1 saturated heterocycles. The Morgan fingerprint density at radius 3 is 2.80 bits per heavy atom. The van der Waals surface area contributed by atoms with Crippen LogP contribution in [0.2, 0.25) is 0 Å². The van der Waals surface area contributed by atoms with E-state index in [1.165, 1.54) is 33.2 Å². The minimum Gasteiger partial charge on any atom is -0.497 e. The van der Waals surface area contributed by atoms with E-state index in [4.69, 9.17) is 4.74 Å². The molecule has 1 unspecified atom stereocenters. The second-order valence-electron chi connectivity index (χ2n) is 5.28. The molecule has 1 aliphatic carbocycles. The first-order chi connectivity index (χ1) is 9.40. The van der Waals surface area contributed by atoms with E-state index in [-0.39, 0.29) is 5.48 Å². The average molecular weight is 266 g/mol. The van der Waals surface area contributed by atoms with Gasteiger partial charge in [0.15, 0.2) is 0 Å². The number of fused-ring (bicyclic) bond motifs is 2. The van der Waals surface area contributed by atoms with Crippen LogP contribution in [0, 0.1) is 0 Å². The highest BCUT2D eigenvalue weighted by atomic mass is 16.5. The zero-order chi connectivity index (χ0) is 12.8. The number of hydrogen-bond donors (Lipinski definition) is 0. The Labute approximate surface area is 118 Å². The minimum atomic E-state index is 0. The van der Waals surface area contributed by atoms with Gasteiger partial charge in [-0.3, -0.25) is 0 Å². The monoisotopic (exact) mass is 266 g/mol. The van der Waals surface area contributed by atoms with E-state index in [0.717, 1.165) is 19.4 Å². The smallest absolute Gasteiger partial charge is 0.108 e. The molecule has 2 heteroatoms. The molecule has 1 aliphatic heterocycles. The fourth-order valence-electron chi connectivity index (χ4n) is 3.51. The normalized spacial score (nSPS) is 19.3. The third kappa shape index (κ3) is 1.61. The number of rotatable bonds is 2. The van der Waals surface area contributed by atoms with Crippen LogP contribution in [0.1, 0.15) is 29.9 Å². The third-order valence-corrected chi connectivity index (χ3v) is 4.26. The summed E-state index contributed by atoms with van der Waals surface area (Å²) < 4.78 is 5.94. The Hall–Kier alpha value is -2.06. The van der Waals surface area contributed by atoms with Crippen LogP contribution >= 0.6 is 0 Å².